The number of benzene rings is 2. The van der Waals surface area contributed by atoms with E-state index < -0.39 is 0 Å². The van der Waals surface area contributed by atoms with Crippen molar-refractivity contribution >= 4 is 17.4 Å². The quantitative estimate of drug-likeness (QED) is 0.807. The third-order valence-electron chi connectivity index (χ3n) is 3.74. The fourth-order valence-electron chi connectivity index (χ4n) is 2.69. The lowest BCUT2D eigenvalue weighted by Crippen LogP contribution is -2.21. The van der Waals surface area contributed by atoms with E-state index in [2.05, 4.69) is 22.0 Å². The molecule has 3 N–H and O–H groups in total. The molecule has 0 aliphatic carbocycles. The zero-order valence-corrected chi connectivity index (χ0v) is 11.8. The minimum Gasteiger partial charge on any atom is -0.316 e. The highest BCUT2D eigenvalue weighted by molar-refractivity contribution is 6.00. The summed E-state index contributed by atoms with van der Waals surface area (Å²) in [5.41, 5.74) is 2.88. The van der Waals surface area contributed by atoms with Crippen LogP contribution in [0.15, 0.2) is 54.6 Å². The Morgan fingerprint density at radius 1 is 1.00 bits per heavy atom. The molecular formula is C17H19N3O. The molecule has 3 rings (SSSR count). The fraction of sp³-hybridized carbons (Fsp3) is 0.235. The minimum atomic E-state index is -0.209. The van der Waals surface area contributed by atoms with Gasteiger partial charge in [0.25, 0.3) is 0 Å². The molecule has 0 bridgehead atoms. The Morgan fingerprint density at radius 3 is 2.52 bits per heavy atom. The maximum absolute atomic E-state index is 12.1. The molecule has 1 saturated heterocycles. The van der Waals surface area contributed by atoms with Crippen molar-refractivity contribution in [1.82, 2.24) is 5.32 Å². The molecule has 0 saturated carbocycles. The van der Waals surface area contributed by atoms with Crippen molar-refractivity contribution in [3.63, 3.8) is 0 Å². The summed E-state index contributed by atoms with van der Waals surface area (Å²) < 4.78 is 0. The van der Waals surface area contributed by atoms with Crippen molar-refractivity contribution in [1.29, 1.82) is 0 Å². The van der Waals surface area contributed by atoms with Crippen molar-refractivity contribution < 1.29 is 4.79 Å². The first-order valence-electron chi connectivity index (χ1n) is 7.25. The van der Waals surface area contributed by atoms with E-state index in [9.17, 15) is 4.79 Å². The Kier molecular flexibility index (Phi) is 4.17. The number of nitrogens with one attached hydrogen (secondary N) is 3. The summed E-state index contributed by atoms with van der Waals surface area (Å²) in [7, 11) is 0. The lowest BCUT2D eigenvalue weighted by Gasteiger charge is -2.16. The van der Waals surface area contributed by atoms with Crippen molar-refractivity contribution in [3.05, 3.63) is 60.2 Å². The van der Waals surface area contributed by atoms with Crippen LogP contribution in [0.3, 0.4) is 0 Å². The monoisotopic (exact) mass is 281 g/mol. The van der Waals surface area contributed by atoms with E-state index in [4.69, 9.17) is 0 Å². The van der Waals surface area contributed by atoms with Crippen LogP contribution in [0.1, 0.15) is 17.9 Å². The molecule has 4 nitrogen and oxygen atoms in total. The molecule has 1 atom stereocenters. The van der Waals surface area contributed by atoms with Gasteiger partial charge in [0.1, 0.15) is 0 Å². The lowest BCUT2D eigenvalue weighted by atomic mass is 9.96. The fourth-order valence-corrected chi connectivity index (χ4v) is 2.69. The minimum absolute atomic E-state index is 0.209. The summed E-state index contributed by atoms with van der Waals surface area (Å²) in [6.07, 6.45) is 1.11. The summed E-state index contributed by atoms with van der Waals surface area (Å²) in [6, 6.07) is 17.3. The number of anilines is 2. The largest absolute Gasteiger partial charge is 0.323 e. The van der Waals surface area contributed by atoms with E-state index in [0.717, 1.165) is 30.9 Å². The van der Waals surface area contributed by atoms with Gasteiger partial charge in [0.2, 0.25) is 0 Å². The van der Waals surface area contributed by atoms with E-state index in [1.165, 1.54) is 5.56 Å². The number of amides is 2. The summed E-state index contributed by atoms with van der Waals surface area (Å²) in [6.45, 7) is 2.01. The average Bonchev–Trinajstić information content (AvgIpc) is 3.03. The molecular weight excluding hydrogens is 262 g/mol. The molecule has 0 radical (unpaired) electrons. The maximum Gasteiger partial charge on any atom is 0.323 e. The van der Waals surface area contributed by atoms with Gasteiger partial charge in [-0.15, -0.1) is 0 Å². The number of rotatable bonds is 3. The molecule has 2 aromatic carbocycles. The van der Waals surface area contributed by atoms with Gasteiger partial charge in [-0.05, 0) is 42.6 Å². The smallest absolute Gasteiger partial charge is 0.316 e. The normalized spacial score (nSPS) is 17.4. The van der Waals surface area contributed by atoms with Crippen LogP contribution in [0, 0.1) is 0 Å². The molecule has 1 fully saturated rings. The highest BCUT2D eigenvalue weighted by Crippen LogP contribution is 2.28. The van der Waals surface area contributed by atoms with Crippen LogP contribution >= 0.6 is 0 Å². The van der Waals surface area contributed by atoms with Gasteiger partial charge in [-0.3, -0.25) is 0 Å². The molecule has 1 unspecified atom stereocenters. The predicted molar refractivity (Wildman–Crippen MR) is 85.8 cm³/mol. The molecule has 108 valence electrons. The van der Waals surface area contributed by atoms with Crippen LogP contribution in [0.5, 0.6) is 0 Å². The molecule has 4 heteroatoms. The molecule has 0 aromatic heterocycles. The average molecular weight is 281 g/mol. The number of para-hydroxylation sites is 2. The van der Waals surface area contributed by atoms with Gasteiger partial charge in [-0.2, -0.15) is 0 Å². The third kappa shape index (κ3) is 3.41. The van der Waals surface area contributed by atoms with E-state index >= 15 is 0 Å². The van der Waals surface area contributed by atoms with Crippen LogP contribution in [0.25, 0.3) is 0 Å². The highest BCUT2D eigenvalue weighted by atomic mass is 16.2. The first-order chi connectivity index (χ1) is 10.3. The van der Waals surface area contributed by atoms with Crippen LogP contribution in [-0.4, -0.2) is 19.1 Å². The zero-order chi connectivity index (χ0) is 14.5. The van der Waals surface area contributed by atoms with Crippen molar-refractivity contribution in [2.24, 2.45) is 0 Å². The molecule has 0 spiro atoms. The van der Waals surface area contributed by atoms with E-state index in [-0.39, 0.29) is 6.03 Å². The van der Waals surface area contributed by atoms with Gasteiger partial charge in [-0.1, -0.05) is 36.4 Å². The van der Waals surface area contributed by atoms with Crippen LogP contribution in [-0.2, 0) is 0 Å². The van der Waals surface area contributed by atoms with Gasteiger partial charge in [0, 0.05) is 17.9 Å². The molecule has 21 heavy (non-hydrogen) atoms. The number of hydrogen-bond acceptors (Lipinski definition) is 2. The molecule has 1 aliphatic heterocycles. The standard InChI is InChI=1S/C17H19N3O/c21-17(19-14-6-2-1-3-7-14)20-16-9-5-4-8-15(16)13-10-11-18-12-13/h1-9,13,18H,10-12H2,(H2,19,20,21). The summed E-state index contributed by atoms with van der Waals surface area (Å²) in [5.74, 6) is 0.471. The third-order valence-corrected chi connectivity index (χ3v) is 3.74. The van der Waals surface area contributed by atoms with Gasteiger partial charge in [0.15, 0.2) is 0 Å². The van der Waals surface area contributed by atoms with Gasteiger partial charge in [-0.25, -0.2) is 4.79 Å². The van der Waals surface area contributed by atoms with Gasteiger partial charge < -0.3 is 16.0 Å². The van der Waals surface area contributed by atoms with Crippen LogP contribution in [0.2, 0.25) is 0 Å². The second-order valence-electron chi connectivity index (χ2n) is 5.22. The second-order valence-corrected chi connectivity index (χ2v) is 5.22. The summed E-state index contributed by atoms with van der Waals surface area (Å²) >= 11 is 0. The van der Waals surface area contributed by atoms with Crippen LogP contribution < -0.4 is 16.0 Å². The van der Waals surface area contributed by atoms with Gasteiger partial charge >= 0.3 is 6.03 Å². The number of carbonyl (C=O) groups excluding carboxylic acids is 1. The predicted octanol–water partition coefficient (Wildman–Crippen LogP) is 3.41. The molecule has 2 amide bonds. The number of hydrogen-bond donors (Lipinski definition) is 3. The zero-order valence-electron chi connectivity index (χ0n) is 11.8. The van der Waals surface area contributed by atoms with Crippen molar-refractivity contribution in [2.45, 2.75) is 12.3 Å². The summed E-state index contributed by atoms with van der Waals surface area (Å²) in [5, 5.41) is 9.16. The van der Waals surface area contributed by atoms with E-state index in [1.807, 2.05) is 48.5 Å². The number of carbonyl (C=O) groups is 1. The number of urea groups is 1. The Bertz CT molecular complexity index is 606. The second kappa shape index (κ2) is 6.41. The van der Waals surface area contributed by atoms with Crippen molar-refractivity contribution in [3.8, 4) is 0 Å². The van der Waals surface area contributed by atoms with Crippen LogP contribution in [0.4, 0.5) is 16.2 Å². The summed E-state index contributed by atoms with van der Waals surface area (Å²) in [4.78, 5) is 12.1. The highest BCUT2D eigenvalue weighted by Gasteiger charge is 2.19. The van der Waals surface area contributed by atoms with Crippen molar-refractivity contribution in [2.75, 3.05) is 23.7 Å². The topological polar surface area (TPSA) is 53.2 Å². The first-order valence-corrected chi connectivity index (χ1v) is 7.25. The molecule has 1 aliphatic rings. The maximum atomic E-state index is 12.1. The Hall–Kier alpha value is -2.33. The first kappa shape index (κ1) is 13.6. The SMILES string of the molecule is O=C(Nc1ccccc1)Nc1ccccc1C1CCNC1. The van der Waals surface area contributed by atoms with Gasteiger partial charge in [0.05, 0.1) is 0 Å². The Balaban J connectivity index is 1.71. The van der Waals surface area contributed by atoms with E-state index in [1.54, 1.807) is 0 Å². The Morgan fingerprint density at radius 2 is 1.76 bits per heavy atom. The lowest BCUT2D eigenvalue weighted by molar-refractivity contribution is 0.262. The molecule has 1 heterocycles. The molecule has 2 aromatic rings. The Labute approximate surface area is 124 Å². The van der Waals surface area contributed by atoms with E-state index in [0.29, 0.717) is 5.92 Å².